The monoisotopic (exact) mass is 380 g/mol. The van der Waals surface area contributed by atoms with Crippen LogP contribution in [0.5, 0.6) is 0 Å². The van der Waals surface area contributed by atoms with Crippen molar-refractivity contribution in [2.45, 2.75) is 107 Å². The van der Waals surface area contributed by atoms with Gasteiger partial charge in [0.1, 0.15) is 0 Å². The topological polar surface area (TPSA) is 0 Å². The predicted molar refractivity (Wildman–Crippen MR) is 121 cm³/mol. The van der Waals surface area contributed by atoms with Crippen LogP contribution >= 0.6 is 7.92 Å². The Labute approximate surface area is 168 Å². The van der Waals surface area contributed by atoms with E-state index in [-0.39, 0.29) is 7.92 Å². The van der Waals surface area contributed by atoms with Crippen LogP contribution in [0.15, 0.2) is 41.6 Å². The fourth-order valence-electron chi connectivity index (χ4n) is 5.78. The van der Waals surface area contributed by atoms with Gasteiger partial charge in [0, 0.05) is 5.66 Å². The maximum Gasteiger partial charge on any atom is 0.00815 e. The minimum absolute atomic E-state index is 0.146. The molecule has 0 spiro atoms. The molecule has 3 aliphatic carbocycles. The number of hydrogen-bond acceptors (Lipinski definition) is 0. The fourth-order valence-corrected chi connectivity index (χ4v) is 10.4. The molecule has 1 aromatic rings. The van der Waals surface area contributed by atoms with Gasteiger partial charge in [-0.3, -0.25) is 0 Å². The van der Waals surface area contributed by atoms with E-state index in [9.17, 15) is 0 Å². The van der Waals surface area contributed by atoms with Crippen LogP contribution in [0.25, 0.3) is 6.08 Å². The van der Waals surface area contributed by atoms with Gasteiger partial charge in [-0.15, -0.1) is 5.73 Å². The van der Waals surface area contributed by atoms with Gasteiger partial charge < -0.3 is 0 Å². The van der Waals surface area contributed by atoms with Crippen LogP contribution in [-0.4, -0.2) is 17.0 Å². The molecule has 0 aromatic heterocycles. The summed E-state index contributed by atoms with van der Waals surface area (Å²) < 4.78 is 0. The van der Waals surface area contributed by atoms with Crippen molar-refractivity contribution < 1.29 is 0 Å². The molecule has 27 heavy (non-hydrogen) atoms. The van der Waals surface area contributed by atoms with Gasteiger partial charge >= 0.3 is 0 Å². The van der Waals surface area contributed by atoms with Crippen molar-refractivity contribution in [3.8, 4) is 0 Å². The molecule has 1 heteroatoms. The zero-order chi connectivity index (χ0) is 18.3. The highest BCUT2D eigenvalue weighted by molar-refractivity contribution is 7.60. The molecule has 3 aliphatic rings. The summed E-state index contributed by atoms with van der Waals surface area (Å²) in [5, 5.41) is 0. The van der Waals surface area contributed by atoms with Gasteiger partial charge in [0.15, 0.2) is 0 Å². The van der Waals surface area contributed by atoms with Crippen LogP contribution in [0, 0.1) is 0 Å². The van der Waals surface area contributed by atoms with E-state index in [0.717, 1.165) is 17.0 Å². The van der Waals surface area contributed by atoms with Crippen LogP contribution in [-0.2, 0) is 0 Å². The molecular formula is C26H37P. The highest BCUT2D eigenvalue weighted by Crippen LogP contribution is 2.62. The Kier molecular flexibility index (Phi) is 7.28. The average Bonchev–Trinajstić information content (AvgIpc) is 2.76. The molecule has 3 saturated carbocycles. The normalized spacial score (nSPS) is 25.4. The van der Waals surface area contributed by atoms with Crippen LogP contribution in [0.2, 0.25) is 0 Å². The van der Waals surface area contributed by atoms with E-state index in [4.69, 9.17) is 0 Å². The van der Waals surface area contributed by atoms with Crippen LogP contribution in [0.1, 0.15) is 95.5 Å². The van der Waals surface area contributed by atoms with Crippen molar-refractivity contribution in [2.24, 2.45) is 0 Å². The lowest BCUT2D eigenvalue weighted by Gasteiger charge is -2.45. The van der Waals surface area contributed by atoms with Crippen molar-refractivity contribution in [1.82, 2.24) is 0 Å². The summed E-state index contributed by atoms with van der Waals surface area (Å²) in [6, 6.07) is 10.8. The quantitative estimate of drug-likeness (QED) is 0.364. The molecule has 0 heterocycles. The second-order valence-electron chi connectivity index (χ2n) is 9.02. The number of hydrogen-bond donors (Lipinski definition) is 0. The van der Waals surface area contributed by atoms with Crippen molar-refractivity contribution >= 4 is 14.0 Å². The van der Waals surface area contributed by atoms with Gasteiger partial charge in [0.25, 0.3) is 0 Å². The third-order valence-corrected chi connectivity index (χ3v) is 11.2. The van der Waals surface area contributed by atoms with Gasteiger partial charge in [-0.1, -0.05) is 83.2 Å². The Morgan fingerprint density at radius 2 is 1.30 bits per heavy atom. The smallest absolute Gasteiger partial charge is 0.00815 e. The summed E-state index contributed by atoms with van der Waals surface area (Å²) in [4.78, 5) is 0. The SMILES string of the molecule is C(=Cc1ccccc1)=C1CCCCC1P(C1CCCCC1)C1CCCCC1. The molecule has 0 amide bonds. The first-order valence-corrected chi connectivity index (χ1v) is 13.2. The molecule has 0 nitrogen and oxygen atoms in total. The molecule has 1 aromatic carbocycles. The first-order chi connectivity index (χ1) is 13.4. The minimum Gasteiger partial charge on any atom is -0.120 e. The lowest BCUT2D eigenvalue weighted by atomic mass is 9.94. The van der Waals surface area contributed by atoms with Crippen molar-refractivity contribution in [3.05, 3.63) is 47.2 Å². The second-order valence-corrected chi connectivity index (χ2v) is 12.0. The van der Waals surface area contributed by atoms with E-state index in [1.54, 1.807) is 5.57 Å². The van der Waals surface area contributed by atoms with Gasteiger partial charge in [-0.25, -0.2) is 0 Å². The summed E-state index contributed by atoms with van der Waals surface area (Å²) in [7, 11) is 0.146. The third-order valence-electron chi connectivity index (χ3n) is 7.15. The van der Waals surface area contributed by atoms with E-state index in [2.05, 4.69) is 42.1 Å². The predicted octanol–water partition coefficient (Wildman–Crippen LogP) is 8.32. The molecule has 0 aliphatic heterocycles. The van der Waals surface area contributed by atoms with Gasteiger partial charge in [0.05, 0.1) is 0 Å². The summed E-state index contributed by atoms with van der Waals surface area (Å²) in [5.74, 6) is 0. The largest absolute Gasteiger partial charge is 0.120 e. The molecule has 0 bridgehead atoms. The van der Waals surface area contributed by atoms with E-state index in [0.29, 0.717) is 0 Å². The lowest BCUT2D eigenvalue weighted by Crippen LogP contribution is -2.29. The first kappa shape index (κ1) is 19.5. The average molecular weight is 381 g/mol. The second kappa shape index (κ2) is 10.1. The first-order valence-electron chi connectivity index (χ1n) is 11.7. The summed E-state index contributed by atoms with van der Waals surface area (Å²) in [5.41, 5.74) is 9.89. The molecular weight excluding hydrogens is 343 g/mol. The van der Waals surface area contributed by atoms with Crippen molar-refractivity contribution in [3.63, 3.8) is 0 Å². The molecule has 1 atom stereocenters. The zero-order valence-corrected chi connectivity index (χ0v) is 17.9. The summed E-state index contributed by atoms with van der Waals surface area (Å²) in [6.07, 6.45) is 23.0. The number of rotatable bonds is 4. The molecule has 146 valence electrons. The Morgan fingerprint density at radius 3 is 1.93 bits per heavy atom. The lowest BCUT2D eigenvalue weighted by molar-refractivity contribution is 0.476. The molecule has 0 saturated heterocycles. The minimum atomic E-state index is 0.146. The number of benzene rings is 1. The molecule has 0 N–H and O–H groups in total. The molecule has 4 rings (SSSR count). The number of allylic oxidation sites excluding steroid dienone is 1. The van der Waals surface area contributed by atoms with E-state index in [1.165, 1.54) is 95.5 Å². The zero-order valence-electron chi connectivity index (χ0n) is 17.0. The van der Waals surface area contributed by atoms with Crippen LogP contribution in [0.4, 0.5) is 0 Å². The summed E-state index contributed by atoms with van der Waals surface area (Å²) in [6.45, 7) is 0. The Balaban J connectivity index is 1.62. The molecule has 1 unspecified atom stereocenters. The highest BCUT2D eigenvalue weighted by atomic mass is 31.1. The van der Waals surface area contributed by atoms with E-state index >= 15 is 0 Å². The Bertz CT molecular complexity index is 609. The van der Waals surface area contributed by atoms with Gasteiger partial charge in [-0.2, -0.15) is 0 Å². The Morgan fingerprint density at radius 1 is 0.704 bits per heavy atom. The molecule has 3 fully saturated rings. The maximum absolute atomic E-state index is 3.85. The standard InChI is InChI=1S/C26H37P/c1-4-12-22(13-5-1)20-21-23-14-10-11-19-26(23)27(24-15-6-2-7-16-24)25-17-8-3-9-18-25/h1,4-5,12-13,20,24-26H,2-3,6-11,14-19H2. The maximum atomic E-state index is 3.85. The third kappa shape index (κ3) is 5.16. The highest BCUT2D eigenvalue weighted by Gasteiger charge is 2.38. The van der Waals surface area contributed by atoms with Crippen molar-refractivity contribution in [1.29, 1.82) is 0 Å². The van der Waals surface area contributed by atoms with Crippen molar-refractivity contribution in [2.75, 3.05) is 0 Å². The van der Waals surface area contributed by atoms with Crippen LogP contribution in [0.3, 0.4) is 0 Å². The molecule has 0 radical (unpaired) electrons. The van der Waals surface area contributed by atoms with Crippen LogP contribution < -0.4 is 0 Å². The fraction of sp³-hybridized carbons (Fsp3) is 0.654. The van der Waals surface area contributed by atoms with Gasteiger partial charge in [-0.05, 0) is 73.5 Å². The summed E-state index contributed by atoms with van der Waals surface area (Å²) >= 11 is 0. The van der Waals surface area contributed by atoms with E-state index < -0.39 is 0 Å². The van der Waals surface area contributed by atoms with Gasteiger partial charge in [0.2, 0.25) is 0 Å². The van der Waals surface area contributed by atoms with E-state index in [1.807, 2.05) is 0 Å². The Hall–Kier alpha value is -0.830.